The third kappa shape index (κ3) is 3.36. The number of carbonyl (C=O) groups excluding carboxylic acids is 1. The monoisotopic (exact) mass is 341 g/mol. The largest absolute Gasteiger partial charge is 0.486 e. The zero-order valence-electron chi connectivity index (χ0n) is 13.3. The van der Waals surface area contributed by atoms with Gasteiger partial charge < -0.3 is 14.8 Å². The topological polar surface area (TPSA) is 47.6 Å². The Morgan fingerprint density at radius 3 is 2.75 bits per heavy atom. The molecule has 2 aliphatic rings. The van der Waals surface area contributed by atoms with Crippen LogP contribution in [0.15, 0.2) is 41.3 Å². The summed E-state index contributed by atoms with van der Waals surface area (Å²) in [6.07, 6.45) is 3.59. The maximum absolute atomic E-state index is 12.2. The maximum atomic E-state index is 12.2. The zero-order valence-corrected chi connectivity index (χ0v) is 14.2. The summed E-state index contributed by atoms with van der Waals surface area (Å²) < 4.78 is 11.0. The number of fused-ring (bicyclic) bond motifs is 2. The van der Waals surface area contributed by atoms with Gasteiger partial charge in [0.25, 0.3) is 0 Å². The number of benzene rings is 2. The molecular weight excluding hydrogens is 322 g/mol. The first-order valence-corrected chi connectivity index (χ1v) is 9.20. The summed E-state index contributed by atoms with van der Waals surface area (Å²) in [6.45, 7) is 1.11. The second kappa shape index (κ2) is 6.77. The molecule has 0 saturated carbocycles. The van der Waals surface area contributed by atoms with Crippen molar-refractivity contribution in [1.82, 2.24) is 0 Å². The van der Waals surface area contributed by atoms with Crippen LogP contribution in [0.5, 0.6) is 11.5 Å². The van der Waals surface area contributed by atoms with Crippen molar-refractivity contribution in [1.29, 1.82) is 0 Å². The lowest BCUT2D eigenvalue weighted by atomic mass is 10.1. The molecular formula is C19H19NO3S. The van der Waals surface area contributed by atoms with Gasteiger partial charge in [0.1, 0.15) is 13.2 Å². The lowest BCUT2D eigenvalue weighted by Crippen LogP contribution is -2.17. The van der Waals surface area contributed by atoms with E-state index in [0.717, 1.165) is 22.8 Å². The van der Waals surface area contributed by atoms with E-state index in [1.807, 2.05) is 18.2 Å². The third-order valence-corrected chi connectivity index (χ3v) is 5.26. The van der Waals surface area contributed by atoms with E-state index >= 15 is 0 Å². The third-order valence-electron chi connectivity index (χ3n) is 4.27. The zero-order chi connectivity index (χ0) is 16.4. The first-order chi connectivity index (χ1) is 11.8. The normalized spacial score (nSPS) is 15.0. The fraction of sp³-hybridized carbons (Fsp3) is 0.316. The van der Waals surface area contributed by atoms with Crippen molar-refractivity contribution >= 4 is 23.4 Å². The van der Waals surface area contributed by atoms with Crippen molar-refractivity contribution in [2.45, 2.75) is 24.2 Å². The van der Waals surface area contributed by atoms with Gasteiger partial charge in [-0.05, 0) is 54.7 Å². The smallest absolute Gasteiger partial charge is 0.234 e. The second-order valence-electron chi connectivity index (χ2n) is 5.98. The van der Waals surface area contributed by atoms with E-state index in [-0.39, 0.29) is 5.91 Å². The molecule has 0 radical (unpaired) electrons. The lowest BCUT2D eigenvalue weighted by molar-refractivity contribution is -0.113. The van der Waals surface area contributed by atoms with E-state index in [2.05, 4.69) is 23.5 Å². The van der Waals surface area contributed by atoms with Crippen molar-refractivity contribution in [2.24, 2.45) is 0 Å². The number of anilines is 1. The van der Waals surface area contributed by atoms with Gasteiger partial charge in [-0.1, -0.05) is 6.07 Å². The van der Waals surface area contributed by atoms with E-state index in [1.165, 1.54) is 24.0 Å². The van der Waals surface area contributed by atoms with Crippen LogP contribution in [-0.4, -0.2) is 24.9 Å². The van der Waals surface area contributed by atoms with Gasteiger partial charge in [-0.25, -0.2) is 0 Å². The molecule has 1 aliphatic carbocycles. The van der Waals surface area contributed by atoms with Gasteiger partial charge in [0.05, 0.1) is 5.75 Å². The van der Waals surface area contributed by atoms with Gasteiger partial charge in [-0.3, -0.25) is 4.79 Å². The number of rotatable bonds is 4. The number of carbonyl (C=O) groups is 1. The van der Waals surface area contributed by atoms with Crippen LogP contribution in [0.2, 0.25) is 0 Å². The van der Waals surface area contributed by atoms with Gasteiger partial charge >= 0.3 is 0 Å². The van der Waals surface area contributed by atoms with Crippen molar-refractivity contribution in [2.75, 3.05) is 24.3 Å². The Morgan fingerprint density at radius 2 is 1.83 bits per heavy atom. The van der Waals surface area contributed by atoms with Crippen molar-refractivity contribution in [3.05, 3.63) is 47.5 Å². The minimum atomic E-state index is -0.0165. The summed E-state index contributed by atoms with van der Waals surface area (Å²) in [5.41, 5.74) is 3.63. The van der Waals surface area contributed by atoms with Crippen molar-refractivity contribution < 1.29 is 14.3 Å². The fourth-order valence-corrected chi connectivity index (χ4v) is 3.86. The molecule has 1 heterocycles. The minimum absolute atomic E-state index is 0.0165. The Balaban J connectivity index is 1.35. The van der Waals surface area contributed by atoms with Crippen molar-refractivity contribution in [3.63, 3.8) is 0 Å². The SMILES string of the molecule is O=C(CSc1ccc2c(c1)CCC2)Nc1ccc2c(c1)OCCO2. The Hall–Kier alpha value is -2.14. The molecule has 5 heteroatoms. The van der Waals surface area contributed by atoms with Gasteiger partial charge in [0.15, 0.2) is 11.5 Å². The predicted molar refractivity (Wildman–Crippen MR) is 95.3 cm³/mol. The quantitative estimate of drug-likeness (QED) is 0.862. The molecule has 0 unspecified atom stereocenters. The molecule has 0 fully saturated rings. The molecule has 4 nitrogen and oxygen atoms in total. The summed E-state index contributed by atoms with van der Waals surface area (Å²) in [4.78, 5) is 13.3. The molecule has 2 aromatic rings. The molecule has 0 aromatic heterocycles. The molecule has 1 N–H and O–H groups in total. The maximum Gasteiger partial charge on any atom is 0.234 e. The van der Waals surface area contributed by atoms with Gasteiger partial charge in [-0.15, -0.1) is 11.8 Å². The molecule has 0 spiro atoms. The second-order valence-corrected chi connectivity index (χ2v) is 7.03. The van der Waals surface area contributed by atoms with E-state index in [0.29, 0.717) is 24.7 Å². The van der Waals surface area contributed by atoms with Gasteiger partial charge in [-0.2, -0.15) is 0 Å². The standard InChI is InChI=1S/C19H19NO3S/c21-19(12-24-16-6-4-13-2-1-3-14(13)10-16)20-15-5-7-17-18(11-15)23-9-8-22-17/h4-7,10-11H,1-3,8-9,12H2,(H,20,21). The highest BCUT2D eigenvalue weighted by Gasteiger charge is 2.14. The summed E-state index contributed by atoms with van der Waals surface area (Å²) in [5, 5.41) is 2.92. The average Bonchev–Trinajstić information content (AvgIpc) is 3.07. The number of nitrogens with one attached hydrogen (secondary N) is 1. The van der Waals surface area contributed by atoms with E-state index in [4.69, 9.17) is 9.47 Å². The Labute approximate surface area is 145 Å². The summed E-state index contributed by atoms with van der Waals surface area (Å²) >= 11 is 1.57. The number of amides is 1. The molecule has 4 rings (SSSR count). The van der Waals surface area contributed by atoms with Crippen LogP contribution in [0, 0.1) is 0 Å². The lowest BCUT2D eigenvalue weighted by Gasteiger charge is -2.19. The van der Waals surface area contributed by atoms with Crippen LogP contribution in [0.4, 0.5) is 5.69 Å². The first kappa shape index (κ1) is 15.4. The van der Waals surface area contributed by atoms with E-state index < -0.39 is 0 Å². The van der Waals surface area contributed by atoms with Gasteiger partial charge in [0, 0.05) is 16.6 Å². The highest BCUT2D eigenvalue weighted by molar-refractivity contribution is 8.00. The molecule has 2 aromatic carbocycles. The highest BCUT2D eigenvalue weighted by Crippen LogP contribution is 2.33. The Morgan fingerprint density at radius 1 is 1.00 bits per heavy atom. The van der Waals surface area contributed by atoms with Crippen LogP contribution < -0.4 is 14.8 Å². The summed E-state index contributed by atoms with van der Waals surface area (Å²) in [6, 6.07) is 12.0. The van der Waals surface area contributed by atoms with Crippen LogP contribution >= 0.6 is 11.8 Å². The number of hydrogen-bond acceptors (Lipinski definition) is 4. The first-order valence-electron chi connectivity index (χ1n) is 8.22. The summed E-state index contributed by atoms with van der Waals surface area (Å²) in [5.74, 6) is 1.79. The molecule has 0 saturated heterocycles. The fourth-order valence-electron chi connectivity index (χ4n) is 3.11. The summed E-state index contributed by atoms with van der Waals surface area (Å²) in [7, 11) is 0. The number of hydrogen-bond donors (Lipinski definition) is 1. The predicted octanol–water partition coefficient (Wildman–Crippen LogP) is 3.68. The number of thioether (sulfide) groups is 1. The molecule has 1 aliphatic heterocycles. The molecule has 1 amide bonds. The molecule has 0 bridgehead atoms. The van der Waals surface area contributed by atoms with Crippen LogP contribution in [0.25, 0.3) is 0 Å². The number of ether oxygens (including phenoxy) is 2. The van der Waals surface area contributed by atoms with E-state index in [9.17, 15) is 4.79 Å². The Kier molecular flexibility index (Phi) is 4.34. The van der Waals surface area contributed by atoms with Crippen LogP contribution in [0.1, 0.15) is 17.5 Å². The number of aryl methyl sites for hydroxylation is 2. The Bertz CT molecular complexity index is 775. The highest BCUT2D eigenvalue weighted by atomic mass is 32.2. The minimum Gasteiger partial charge on any atom is -0.486 e. The van der Waals surface area contributed by atoms with E-state index in [1.54, 1.807) is 11.8 Å². The van der Waals surface area contributed by atoms with Gasteiger partial charge in [0.2, 0.25) is 5.91 Å². The van der Waals surface area contributed by atoms with Crippen molar-refractivity contribution in [3.8, 4) is 11.5 Å². The molecule has 0 atom stereocenters. The average molecular weight is 341 g/mol. The molecule has 124 valence electrons. The molecule has 24 heavy (non-hydrogen) atoms. The van der Waals surface area contributed by atoms with Crippen LogP contribution in [0.3, 0.4) is 0 Å². The van der Waals surface area contributed by atoms with Crippen LogP contribution in [-0.2, 0) is 17.6 Å².